The third-order valence-corrected chi connectivity index (χ3v) is 1.98. The van der Waals surface area contributed by atoms with Crippen molar-refractivity contribution in [3.05, 3.63) is 18.0 Å². The van der Waals surface area contributed by atoms with Gasteiger partial charge in [0.2, 0.25) is 0 Å². The Kier molecular flexibility index (Phi) is 4.03. The van der Waals surface area contributed by atoms with E-state index in [1.54, 1.807) is 12.3 Å². The van der Waals surface area contributed by atoms with Crippen molar-refractivity contribution in [2.75, 3.05) is 6.61 Å². The molecule has 0 spiro atoms. The fourth-order valence-corrected chi connectivity index (χ4v) is 1.01. The van der Waals surface area contributed by atoms with Gasteiger partial charge in [0, 0.05) is 12.7 Å². The van der Waals surface area contributed by atoms with Crippen molar-refractivity contribution >= 4 is 0 Å². The van der Waals surface area contributed by atoms with Crippen LogP contribution in [-0.2, 0) is 6.54 Å². The van der Waals surface area contributed by atoms with Crippen LogP contribution in [0.1, 0.15) is 32.9 Å². The summed E-state index contributed by atoms with van der Waals surface area (Å²) in [4.78, 5) is 8.17. The highest BCUT2D eigenvalue weighted by Gasteiger charge is 2.10. The fourth-order valence-electron chi connectivity index (χ4n) is 1.01. The minimum Gasteiger partial charge on any atom is -0.463 e. The van der Waals surface area contributed by atoms with E-state index in [1.807, 2.05) is 0 Å². The summed E-state index contributed by atoms with van der Waals surface area (Å²) in [7, 11) is 0. The Bertz CT molecular complexity index is 307. The molecule has 84 valence electrons. The van der Waals surface area contributed by atoms with Gasteiger partial charge >= 0.3 is 6.01 Å². The van der Waals surface area contributed by atoms with Crippen molar-refractivity contribution < 1.29 is 4.74 Å². The number of nitrogens with zero attached hydrogens (tertiary/aromatic N) is 2. The molecule has 0 aliphatic rings. The van der Waals surface area contributed by atoms with Crippen molar-refractivity contribution in [3.63, 3.8) is 0 Å². The van der Waals surface area contributed by atoms with E-state index in [-0.39, 0.29) is 5.41 Å². The first-order chi connectivity index (χ1) is 7.01. The van der Waals surface area contributed by atoms with Gasteiger partial charge in [0.05, 0.1) is 12.3 Å². The standard InChI is InChI=1S/C11H19N3O/c1-11(2,3)5-7-15-10-13-6-4-9(8-12)14-10/h4,6H,5,7-8,12H2,1-3H3. The van der Waals surface area contributed by atoms with Gasteiger partial charge in [-0.25, -0.2) is 4.98 Å². The van der Waals surface area contributed by atoms with E-state index in [9.17, 15) is 0 Å². The predicted molar refractivity (Wildman–Crippen MR) is 59.5 cm³/mol. The van der Waals surface area contributed by atoms with Crippen molar-refractivity contribution in [2.24, 2.45) is 11.1 Å². The number of rotatable bonds is 4. The molecule has 1 aromatic rings. The van der Waals surface area contributed by atoms with Crippen molar-refractivity contribution in [1.82, 2.24) is 9.97 Å². The highest BCUT2D eigenvalue weighted by molar-refractivity contribution is 5.04. The summed E-state index contributed by atoms with van der Waals surface area (Å²) in [5.74, 6) is 0. The third-order valence-electron chi connectivity index (χ3n) is 1.98. The largest absolute Gasteiger partial charge is 0.463 e. The molecule has 2 N–H and O–H groups in total. The molecule has 0 fully saturated rings. The Morgan fingerprint density at radius 2 is 2.13 bits per heavy atom. The second-order valence-corrected chi connectivity index (χ2v) is 4.69. The number of aromatic nitrogens is 2. The van der Waals surface area contributed by atoms with Gasteiger partial charge in [0.25, 0.3) is 0 Å². The molecule has 0 amide bonds. The molecule has 0 aromatic carbocycles. The van der Waals surface area contributed by atoms with E-state index in [1.165, 1.54) is 0 Å². The molecule has 0 bridgehead atoms. The molecule has 0 atom stereocenters. The van der Waals surface area contributed by atoms with Crippen LogP contribution >= 0.6 is 0 Å². The van der Waals surface area contributed by atoms with Crippen molar-refractivity contribution in [1.29, 1.82) is 0 Å². The van der Waals surface area contributed by atoms with E-state index in [2.05, 4.69) is 30.7 Å². The third kappa shape index (κ3) is 4.74. The lowest BCUT2D eigenvalue weighted by Crippen LogP contribution is -2.12. The van der Waals surface area contributed by atoms with Crippen molar-refractivity contribution in [2.45, 2.75) is 33.7 Å². The van der Waals surface area contributed by atoms with Gasteiger partial charge in [-0.05, 0) is 17.9 Å². The van der Waals surface area contributed by atoms with Gasteiger partial charge in [0.15, 0.2) is 0 Å². The van der Waals surface area contributed by atoms with Crippen LogP contribution in [0.5, 0.6) is 6.01 Å². The van der Waals surface area contributed by atoms with Crippen LogP contribution in [0.3, 0.4) is 0 Å². The summed E-state index contributed by atoms with van der Waals surface area (Å²) < 4.78 is 5.45. The number of hydrogen-bond acceptors (Lipinski definition) is 4. The summed E-state index contributed by atoms with van der Waals surface area (Å²) in [5, 5.41) is 0. The van der Waals surface area contributed by atoms with E-state index in [4.69, 9.17) is 10.5 Å². The molecular formula is C11H19N3O. The second-order valence-electron chi connectivity index (χ2n) is 4.69. The minimum atomic E-state index is 0.269. The molecule has 1 heterocycles. The van der Waals surface area contributed by atoms with Crippen LogP contribution in [0.2, 0.25) is 0 Å². The Morgan fingerprint density at radius 1 is 1.40 bits per heavy atom. The first kappa shape index (κ1) is 11.9. The smallest absolute Gasteiger partial charge is 0.316 e. The highest BCUT2D eigenvalue weighted by Crippen LogP contribution is 2.18. The normalized spacial score (nSPS) is 11.5. The zero-order chi connectivity index (χ0) is 11.3. The number of ether oxygens (including phenoxy) is 1. The van der Waals surface area contributed by atoms with E-state index >= 15 is 0 Å². The second kappa shape index (κ2) is 5.07. The molecule has 4 heteroatoms. The van der Waals surface area contributed by atoms with Gasteiger partial charge in [-0.2, -0.15) is 4.98 Å². The summed E-state index contributed by atoms with van der Waals surface area (Å²) in [6, 6.07) is 2.21. The highest BCUT2D eigenvalue weighted by atomic mass is 16.5. The molecule has 0 saturated carbocycles. The number of nitrogens with two attached hydrogens (primary N) is 1. The Labute approximate surface area is 90.9 Å². The number of hydrogen-bond donors (Lipinski definition) is 1. The van der Waals surface area contributed by atoms with Crippen LogP contribution in [0.4, 0.5) is 0 Å². The van der Waals surface area contributed by atoms with Crippen LogP contribution < -0.4 is 10.5 Å². The molecular weight excluding hydrogens is 190 g/mol. The summed E-state index contributed by atoms with van der Waals surface area (Å²) in [6.07, 6.45) is 2.64. The van der Waals surface area contributed by atoms with Crippen LogP contribution in [0.15, 0.2) is 12.3 Å². The SMILES string of the molecule is CC(C)(C)CCOc1nccc(CN)n1. The fraction of sp³-hybridized carbons (Fsp3) is 0.636. The molecule has 1 rings (SSSR count). The topological polar surface area (TPSA) is 61.0 Å². The van der Waals surface area contributed by atoms with Crippen LogP contribution in [0, 0.1) is 5.41 Å². The molecule has 15 heavy (non-hydrogen) atoms. The van der Waals surface area contributed by atoms with E-state index in [0.29, 0.717) is 19.2 Å². The molecule has 0 aliphatic carbocycles. The summed E-state index contributed by atoms with van der Waals surface area (Å²) in [6.45, 7) is 7.57. The zero-order valence-corrected chi connectivity index (χ0v) is 9.66. The molecule has 0 saturated heterocycles. The molecule has 0 unspecified atom stereocenters. The molecule has 0 aliphatic heterocycles. The monoisotopic (exact) mass is 209 g/mol. The Morgan fingerprint density at radius 3 is 2.73 bits per heavy atom. The lowest BCUT2D eigenvalue weighted by atomic mass is 9.93. The minimum absolute atomic E-state index is 0.269. The van der Waals surface area contributed by atoms with Crippen LogP contribution in [-0.4, -0.2) is 16.6 Å². The Hall–Kier alpha value is -1.16. The maximum atomic E-state index is 5.47. The van der Waals surface area contributed by atoms with Gasteiger partial charge in [-0.1, -0.05) is 20.8 Å². The maximum absolute atomic E-state index is 5.47. The average Bonchev–Trinajstić information content (AvgIpc) is 2.16. The lowest BCUT2D eigenvalue weighted by molar-refractivity contribution is 0.228. The van der Waals surface area contributed by atoms with E-state index < -0.39 is 0 Å². The van der Waals surface area contributed by atoms with Crippen molar-refractivity contribution in [3.8, 4) is 6.01 Å². The van der Waals surface area contributed by atoms with Gasteiger partial charge in [-0.15, -0.1) is 0 Å². The first-order valence-electron chi connectivity index (χ1n) is 5.16. The molecule has 0 radical (unpaired) electrons. The lowest BCUT2D eigenvalue weighted by Gasteiger charge is -2.17. The zero-order valence-electron chi connectivity index (χ0n) is 9.66. The van der Waals surface area contributed by atoms with Crippen LogP contribution in [0.25, 0.3) is 0 Å². The van der Waals surface area contributed by atoms with Gasteiger partial charge in [0.1, 0.15) is 0 Å². The van der Waals surface area contributed by atoms with Gasteiger partial charge < -0.3 is 10.5 Å². The van der Waals surface area contributed by atoms with E-state index in [0.717, 1.165) is 12.1 Å². The van der Waals surface area contributed by atoms with Gasteiger partial charge in [-0.3, -0.25) is 0 Å². The Balaban J connectivity index is 2.44. The molecule has 1 aromatic heterocycles. The summed E-state index contributed by atoms with van der Waals surface area (Å²) >= 11 is 0. The summed E-state index contributed by atoms with van der Waals surface area (Å²) in [5.41, 5.74) is 6.54. The maximum Gasteiger partial charge on any atom is 0.316 e. The first-order valence-corrected chi connectivity index (χ1v) is 5.16. The molecule has 4 nitrogen and oxygen atoms in total. The predicted octanol–water partition coefficient (Wildman–Crippen LogP) is 1.75. The quantitative estimate of drug-likeness (QED) is 0.820. The average molecular weight is 209 g/mol.